The van der Waals surface area contributed by atoms with Gasteiger partial charge in [-0.05, 0) is 49.2 Å². The van der Waals surface area contributed by atoms with E-state index < -0.39 is 9.84 Å². The number of unbranched alkanes of at least 4 members (excludes halogenated alkanes) is 1. The largest absolute Gasteiger partial charge is 0.459 e. The van der Waals surface area contributed by atoms with Gasteiger partial charge < -0.3 is 9.32 Å². The molecule has 0 bridgehead atoms. The normalized spacial score (nSPS) is 18.5. The third-order valence-electron chi connectivity index (χ3n) is 4.83. The lowest BCUT2D eigenvalue weighted by Gasteiger charge is -2.27. The van der Waals surface area contributed by atoms with Gasteiger partial charge in [-0.3, -0.25) is 4.79 Å². The van der Waals surface area contributed by atoms with Crippen LogP contribution in [0.4, 0.5) is 0 Å². The molecule has 0 saturated carbocycles. The number of nitrogens with zero attached hydrogens (tertiary/aromatic N) is 1. The van der Waals surface area contributed by atoms with Crippen molar-refractivity contribution < 1.29 is 17.6 Å². The minimum Gasteiger partial charge on any atom is -0.459 e. The number of carbonyl (C=O) groups excluding carboxylic acids is 1. The van der Waals surface area contributed by atoms with E-state index in [4.69, 9.17) is 16.0 Å². The zero-order chi connectivity index (χ0) is 19.4. The molecule has 0 N–H and O–H groups in total. The Morgan fingerprint density at radius 1 is 1.22 bits per heavy atom. The Balaban J connectivity index is 1.77. The van der Waals surface area contributed by atoms with E-state index in [2.05, 4.69) is 0 Å². The molecule has 146 valence electrons. The van der Waals surface area contributed by atoms with Crippen molar-refractivity contribution in [3.8, 4) is 11.3 Å². The van der Waals surface area contributed by atoms with Crippen LogP contribution >= 0.6 is 11.6 Å². The van der Waals surface area contributed by atoms with Gasteiger partial charge in [-0.25, -0.2) is 8.42 Å². The van der Waals surface area contributed by atoms with E-state index in [1.165, 1.54) is 0 Å². The standard InChI is InChI=1S/C20H24ClNO4S/c1-2-3-4-20(23)22(17-11-12-27(24,25)14-17)13-18-9-10-19(26-18)15-5-7-16(21)8-6-15/h5-10,17H,2-4,11-14H2,1H3/t17-/m0/s1. The second-order valence-electron chi connectivity index (χ2n) is 6.95. The molecule has 27 heavy (non-hydrogen) atoms. The number of sulfone groups is 1. The molecular formula is C20H24ClNO4S. The van der Waals surface area contributed by atoms with E-state index in [0.29, 0.717) is 29.4 Å². The van der Waals surface area contributed by atoms with Gasteiger partial charge in [0.1, 0.15) is 11.5 Å². The fourth-order valence-corrected chi connectivity index (χ4v) is 5.17. The number of hydrogen-bond acceptors (Lipinski definition) is 4. The van der Waals surface area contributed by atoms with Crippen molar-refractivity contribution in [1.82, 2.24) is 4.90 Å². The molecule has 0 radical (unpaired) electrons. The minimum absolute atomic E-state index is 0.0107. The molecule has 0 unspecified atom stereocenters. The molecule has 1 aliphatic rings. The zero-order valence-electron chi connectivity index (χ0n) is 15.4. The summed E-state index contributed by atoms with van der Waals surface area (Å²) in [7, 11) is -3.07. The van der Waals surface area contributed by atoms with Gasteiger partial charge in [0, 0.05) is 23.0 Å². The molecule has 5 nitrogen and oxygen atoms in total. The van der Waals surface area contributed by atoms with Crippen LogP contribution < -0.4 is 0 Å². The summed E-state index contributed by atoms with van der Waals surface area (Å²) in [5.41, 5.74) is 0.901. The average Bonchev–Trinajstić information content (AvgIpc) is 3.24. The van der Waals surface area contributed by atoms with Gasteiger partial charge in [-0.1, -0.05) is 24.9 Å². The molecule has 2 heterocycles. The van der Waals surface area contributed by atoms with Crippen molar-refractivity contribution in [1.29, 1.82) is 0 Å². The molecule has 1 aromatic carbocycles. The van der Waals surface area contributed by atoms with Gasteiger partial charge in [-0.2, -0.15) is 0 Å². The lowest BCUT2D eigenvalue weighted by Crippen LogP contribution is -2.40. The highest BCUT2D eigenvalue weighted by atomic mass is 35.5. The van der Waals surface area contributed by atoms with Gasteiger partial charge >= 0.3 is 0 Å². The summed E-state index contributed by atoms with van der Waals surface area (Å²) in [5.74, 6) is 1.51. The van der Waals surface area contributed by atoms with Crippen LogP contribution in [0.1, 0.15) is 38.4 Å². The second-order valence-corrected chi connectivity index (χ2v) is 9.62. The number of halogens is 1. The Bertz CT molecular complexity index is 889. The molecule has 1 aliphatic heterocycles. The monoisotopic (exact) mass is 409 g/mol. The van der Waals surface area contributed by atoms with Crippen LogP contribution in [-0.4, -0.2) is 36.8 Å². The van der Waals surface area contributed by atoms with Crippen LogP contribution in [0.3, 0.4) is 0 Å². The summed E-state index contributed by atoms with van der Waals surface area (Å²) >= 11 is 5.92. The number of benzene rings is 1. The predicted octanol–water partition coefficient (Wildman–Crippen LogP) is 4.31. The smallest absolute Gasteiger partial charge is 0.223 e. The van der Waals surface area contributed by atoms with Crippen molar-refractivity contribution in [3.63, 3.8) is 0 Å². The van der Waals surface area contributed by atoms with E-state index >= 15 is 0 Å². The summed E-state index contributed by atoms with van der Waals surface area (Å²) in [6.45, 7) is 2.32. The minimum atomic E-state index is -3.07. The highest BCUT2D eigenvalue weighted by molar-refractivity contribution is 7.91. The first-order valence-electron chi connectivity index (χ1n) is 9.22. The van der Waals surface area contributed by atoms with Crippen molar-refractivity contribution in [3.05, 3.63) is 47.2 Å². The lowest BCUT2D eigenvalue weighted by molar-refractivity contribution is -0.134. The molecule has 2 aromatic rings. The average molecular weight is 410 g/mol. The number of amides is 1. The van der Waals surface area contributed by atoms with E-state index in [1.54, 1.807) is 17.0 Å². The van der Waals surface area contributed by atoms with Gasteiger partial charge in [0.15, 0.2) is 9.84 Å². The Morgan fingerprint density at radius 3 is 2.59 bits per heavy atom. The highest BCUT2D eigenvalue weighted by Crippen LogP contribution is 2.26. The number of hydrogen-bond donors (Lipinski definition) is 0. The third-order valence-corrected chi connectivity index (χ3v) is 6.83. The van der Waals surface area contributed by atoms with E-state index in [9.17, 15) is 13.2 Å². The zero-order valence-corrected chi connectivity index (χ0v) is 16.9. The lowest BCUT2D eigenvalue weighted by atomic mass is 10.1. The number of carbonyl (C=O) groups is 1. The van der Waals surface area contributed by atoms with Crippen molar-refractivity contribution in [2.75, 3.05) is 11.5 Å². The second kappa shape index (κ2) is 8.48. The maximum Gasteiger partial charge on any atom is 0.223 e. The van der Waals surface area contributed by atoms with Crippen molar-refractivity contribution in [2.45, 2.75) is 45.2 Å². The predicted molar refractivity (Wildman–Crippen MR) is 106 cm³/mol. The first-order valence-corrected chi connectivity index (χ1v) is 11.4. The summed E-state index contributed by atoms with van der Waals surface area (Å²) in [5, 5.41) is 0.653. The molecule has 0 spiro atoms. The number of furan rings is 1. The summed E-state index contributed by atoms with van der Waals surface area (Å²) < 4.78 is 29.7. The van der Waals surface area contributed by atoms with Crippen molar-refractivity contribution in [2.24, 2.45) is 0 Å². The summed E-state index contributed by atoms with van der Waals surface area (Å²) in [6.07, 6.45) is 2.63. The maximum atomic E-state index is 12.7. The first kappa shape index (κ1) is 20.0. The summed E-state index contributed by atoms with van der Waals surface area (Å²) in [4.78, 5) is 14.4. The highest BCUT2D eigenvalue weighted by Gasteiger charge is 2.34. The fraction of sp³-hybridized carbons (Fsp3) is 0.450. The molecular weight excluding hydrogens is 386 g/mol. The van der Waals surface area contributed by atoms with E-state index in [1.807, 2.05) is 31.2 Å². The molecule has 7 heteroatoms. The van der Waals surface area contributed by atoms with Gasteiger partial charge in [0.05, 0.1) is 18.1 Å². The van der Waals surface area contributed by atoms with Gasteiger partial charge in [0.25, 0.3) is 0 Å². The van der Waals surface area contributed by atoms with Crippen LogP contribution in [0.2, 0.25) is 5.02 Å². The van der Waals surface area contributed by atoms with Crippen LogP contribution in [-0.2, 0) is 21.2 Å². The SMILES string of the molecule is CCCCC(=O)N(Cc1ccc(-c2ccc(Cl)cc2)o1)[C@H]1CCS(=O)(=O)C1. The Labute approximate surface area is 165 Å². The molecule has 3 rings (SSSR count). The molecule has 1 fully saturated rings. The molecule has 1 aromatic heterocycles. The maximum absolute atomic E-state index is 12.7. The molecule has 1 atom stereocenters. The van der Waals surface area contributed by atoms with Crippen molar-refractivity contribution >= 4 is 27.3 Å². The summed E-state index contributed by atoms with van der Waals surface area (Å²) in [6, 6.07) is 10.8. The quantitative estimate of drug-likeness (QED) is 0.683. The Kier molecular flexibility index (Phi) is 6.27. The van der Waals surface area contributed by atoms with E-state index in [0.717, 1.165) is 18.4 Å². The fourth-order valence-electron chi connectivity index (χ4n) is 3.31. The van der Waals surface area contributed by atoms with Crippen LogP contribution in [0.15, 0.2) is 40.8 Å². The van der Waals surface area contributed by atoms with Gasteiger partial charge in [-0.15, -0.1) is 0 Å². The molecule has 0 aliphatic carbocycles. The Morgan fingerprint density at radius 2 is 1.96 bits per heavy atom. The van der Waals surface area contributed by atoms with Crippen LogP contribution in [0.5, 0.6) is 0 Å². The van der Waals surface area contributed by atoms with E-state index in [-0.39, 0.29) is 30.0 Å². The topological polar surface area (TPSA) is 67.6 Å². The Hall–Kier alpha value is -1.79. The van der Waals surface area contributed by atoms with Crippen LogP contribution in [0.25, 0.3) is 11.3 Å². The van der Waals surface area contributed by atoms with Gasteiger partial charge in [0.2, 0.25) is 5.91 Å². The first-order chi connectivity index (χ1) is 12.9. The molecule has 1 saturated heterocycles. The third kappa shape index (κ3) is 5.14. The molecule has 1 amide bonds. The number of rotatable bonds is 7. The van der Waals surface area contributed by atoms with Crippen LogP contribution in [0, 0.1) is 0 Å².